The zero-order chi connectivity index (χ0) is 28.5. The number of rotatable bonds is 11. The highest BCUT2D eigenvalue weighted by Gasteiger charge is 2.46. The minimum Gasteiger partial charge on any atom is -0.497 e. The van der Waals surface area contributed by atoms with Crippen LogP contribution in [0, 0.1) is 13.8 Å². The average molecular weight is 577 g/mol. The van der Waals surface area contributed by atoms with Crippen LogP contribution >= 0.6 is 0 Å². The summed E-state index contributed by atoms with van der Waals surface area (Å²) in [6.45, 7) is 12.8. The molecule has 0 bridgehead atoms. The van der Waals surface area contributed by atoms with Crippen LogP contribution in [0.4, 0.5) is 0 Å². The predicted molar refractivity (Wildman–Crippen MR) is 153 cm³/mol. The van der Waals surface area contributed by atoms with Crippen molar-refractivity contribution in [1.29, 1.82) is 0 Å². The van der Waals surface area contributed by atoms with E-state index in [2.05, 4.69) is 20.3 Å². The molecule has 11 nitrogen and oxygen atoms in total. The third-order valence-corrected chi connectivity index (χ3v) is 10.6. The smallest absolute Gasteiger partial charge is 0.280 e. The lowest BCUT2D eigenvalue weighted by molar-refractivity contribution is -0.158. The number of sulfonamides is 1. The third-order valence-electron chi connectivity index (χ3n) is 8.42. The monoisotopic (exact) mass is 576 g/mol. The van der Waals surface area contributed by atoms with E-state index in [1.165, 1.54) is 30.2 Å². The van der Waals surface area contributed by atoms with Gasteiger partial charge in [-0.25, -0.2) is 23.7 Å². The Labute approximate surface area is 238 Å². The number of carbonyl (C=O) groups is 1. The van der Waals surface area contributed by atoms with Crippen molar-refractivity contribution in [3.8, 4) is 5.75 Å². The maximum absolute atomic E-state index is 13.8. The van der Waals surface area contributed by atoms with E-state index in [1.807, 2.05) is 4.90 Å². The van der Waals surface area contributed by atoms with Crippen LogP contribution in [0.25, 0.3) is 0 Å². The number of amides is 1. The SMILES string of the molecule is COc1cc(C)c(S(=O)(=O)N(CC2=NC(C)(C(=O)N3CCN(CCCN4CCCC4)CC3)ON2)C2CC2)c(C)c1. The van der Waals surface area contributed by atoms with Crippen molar-refractivity contribution in [2.24, 2.45) is 4.99 Å². The molecule has 0 radical (unpaired) electrons. The van der Waals surface area contributed by atoms with Gasteiger partial charge < -0.3 is 14.5 Å². The van der Waals surface area contributed by atoms with Crippen molar-refractivity contribution >= 4 is 21.8 Å². The molecule has 5 rings (SSSR count). The normalized spacial score (nSPS) is 24.4. The number of aryl methyl sites for hydroxylation is 2. The molecule has 1 aliphatic carbocycles. The molecule has 1 saturated carbocycles. The fraction of sp³-hybridized carbons (Fsp3) is 0.714. The topological polar surface area (TPSA) is 107 Å². The van der Waals surface area contributed by atoms with Crippen LogP contribution < -0.4 is 10.2 Å². The lowest BCUT2D eigenvalue weighted by Crippen LogP contribution is -2.55. The summed E-state index contributed by atoms with van der Waals surface area (Å²) in [7, 11) is -2.24. The van der Waals surface area contributed by atoms with Gasteiger partial charge in [-0.3, -0.25) is 9.69 Å². The Morgan fingerprint density at radius 1 is 1.07 bits per heavy atom. The summed E-state index contributed by atoms with van der Waals surface area (Å²) in [5, 5.41) is 0. The molecular weight excluding hydrogens is 532 g/mol. The van der Waals surface area contributed by atoms with E-state index in [0.717, 1.165) is 45.4 Å². The molecule has 1 N–H and O–H groups in total. The van der Waals surface area contributed by atoms with Crippen molar-refractivity contribution < 1.29 is 22.8 Å². The summed E-state index contributed by atoms with van der Waals surface area (Å²) < 4.78 is 34.5. The molecule has 1 atom stereocenters. The van der Waals surface area contributed by atoms with E-state index in [0.29, 0.717) is 35.8 Å². The number of amidine groups is 1. The molecule has 3 aliphatic heterocycles. The summed E-state index contributed by atoms with van der Waals surface area (Å²) >= 11 is 0. The van der Waals surface area contributed by atoms with Crippen molar-refractivity contribution in [3.05, 3.63) is 23.3 Å². The summed E-state index contributed by atoms with van der Waals surface area (Å²) in [5.74, 6) is 0.768. The molecule has 40 heavy (non-hydrogen) atoms. The number of methoxy groups -OCH3 is 1. The van der Waals surface area contributed by atoms with Gasteiger partial charge in [0.15, 0.2) is 0 Å². The molecule has 1 unspecified atom stereocenters. The Bertz CT molecular complexity index is 1200. The van der Waals surface area contributed by atoms with Crippen molar-refractivity contribution in [2.45, 2.75) is 69.5 Å². The first-order chi connectivity index (χ1) is 19.1. The molecule has 12 heteroatoms. The van der Waals surface area contributed by atoms with E-state index in [4.69, 9.17) is 9.57 Å². The van der Waals surface area contributed by atoms with Gasteiger partial charge in [0.05, 0.1) is 18.6 Å². The number of nitrogens with zero attached hydrogens (tertiary/aromatic N) is 5. The Hall–Kier alpha value is -2.25. The van der Waals surface area contributed by atoms with Crippen molar-refractivity contribution in [1.82, 2.24) is 24.5 Å². The van der Waals surface area contributed by atoms with Gasteiger partial charge in [-0.1, -0.05) is 0 Å². The molecule has 222 valence electrons. The van der Waals surface area contributed by atoms with Gasteiger partial charge in [0.1, 0.15) is 11.6 Å². The maximum Gasteiger partial charge on any atom is 0.280 e. The highest BCUT2D eigenvalue weighted by Crippen LogP contribution is 2.36. The molecule has 0 spiro atoms. The summed E-state index contributed by atoms with van der Waals surface area (Å²) in [4.78, 5) is 30.8. The first-order valence-electron chi connectivity index (χ1n) is 14.5. The highest BCUT2D eigenvalue weighted by atomic mass is 32.2. The van der Waals surface area contributed by atoms with E-state index < -0.39 is 15.7 Å². The van der Waals surface area contributed by atoms with Gasteiger partial charge in [-0.05, 0) is 102 Å². The second-order valence-corrected chi connectivity index (χ2v) is 13.5. The molecule has 3 fully saturated rings. The van der Waals surface area contributed by atoms with Gasteiger partial charge >= 0.3 is 0 Å². The molecule has 1 aromatic rings. The molecule has 2 saturated heterocycles. The number of nitrogens with one attached hydrogen (secondary N) is 1. The zero-order valence-electron chi connectivity index (χ0n) is 24.3. The Morgan fingerprint density at radius 2 is 1.68 bits per heavy atom. The number of hydroxylamine groups is 1. The van der Waals surface area contributed by atoms with E-state index in [-0.39, 0.29) is 23.4 Å². The maximum atomic E-state index is 13.8. The summed E-state index contributed by atoms with van der Waals surface area (Å²) in [6.07, 6.45) is 5.37. The molecule has 1 aromatic carbocycles. The largest absolute Gasteiger partial charge is 0.497 e. The summed E-state index contributed by atoms with van der Waals surface area (Å²) in [5.41, 5.74) is 2.63. The lowest BCUT2D eigenvalue weighted by atomic mass is 10.1. The number of ether oxygens (including phenoxy) is 1. The predicted octanol–water partition coefficient (Wildman–Crippen LogP) is 1.74. The van der Waals surface area contributed by atoms with Gasteiger partial charge in [0.25, 0.3) is 11.6 Å². The minimum atomic E-state index is -3.81. The summed E-state index contributed by atoms with van der Waals surface area (Å²) in [6, 6.07) is 3.38. The lowest BCUT2D eigenvalue weighted by Gasteiger charge is -2.37. The van der Waals surface area contributed by atoms with Crippen LogP contribution in [0.5, 0.6) is 5.75 Å². The van der Waals surface area contributed by atoms with Crippen LogP contribution in [-0.4, -0.2) is 117 Å². The van der Waals surface area contributed by atoms with Crippen LogP contribution in [0.15, 0.2) is 22.0 Å². The van der Waals surface area contributed by atoms with E-state index >= 15 is 0 Å². The van der Waals surface area contributed by atoms with E-state index in [9.17, 15) is 13.2 Å². The van der Waals surface area contributed by atoms with Crippen molar-refractivity contribution in [2.75, 3.05) is 66.0 Å². The number of aliphatic imine (C=N–C) groups is 1. The average Bonchev–Trinajstić information content (AvgIpc) is 3.48. The first kappa shape index (κ1) is 29.2. The van der Waals surface area contributed by atoms with Crippen LogP contribution in [0.2, 0.25) is 0 Å². The van der Waals surface area contributed by atoms with Gasteiger partial charge in [0, 0.05) is 32.2 Å². The fourth-order valence-corrected chi connectivity index (χ4v) is 8.15. The van der Waals surface area contributed by atoms with Crippen LogP contribution in [-0.2, 0) is 19.7 Å². The van der Waals surface area contributed by atoms with Crippen molar-refractivity contribution in [3.63, 3.8) is 0 Å². The number of piperazine rings is 1. The third kappa shape index (κ3) is 6.30. The number of hydrogen-bond acceptors (Lipinski definition) is 9. The highest BCUT2D eigenvalue weighted by molar-refractivity contribution is 7.89. The van der Waals surface area contributed by atoms with E-state index in [1.54, 1.807) is 40.0 Å². The van der Waals surface area contributed by atoms with Crippen LogP contribution in [0.3, 0.4) is 0 Å². The van der Waals surface area contributed by atoms with Gasteiger partial charge in [0.2, 0.25) is 10.0 Å². The molecular formula is C28H44N6O5S. The minimum absolute atomic E-state index is 0.0194. The number of carbonyl (C=O) groups excluding carboxylic acids is 1. The van der Waals surface area contributed by atoms with Gasteiger partial charge in [-0.2, -0.15) is 4.31 Å². The van der Waals surface area contributed by atoms with Crippen LogP contribution in [0.1, 0.15) is 50.2 Å². The Kier molecular flexibility index (Phi) is 8.72. The Balaban J connectivity index is 1.20. The molecule has 1 amide bonds. The molecule has 0 aromatic heterocycles. The second kappa shape index (κ2) is 11.9. The quantitative estimate of drug-likeness (QED) is 0.425. The zero-order valence-corrected chi connectivity index (χ0v) is 25.1. The number of benzene rings is 1. The van der Waals surface area contributed by atoms with Gasteiger partial charge in [-0.15, -0.1) is 0 Å². The fourth-order valence-electron chi connectivity index (χ4n) is 6.09. The second-order valence-electron chi connectivity index (χ2n) is 11.7. The standard InChI is InChI=1S/C28H44N6O5S/c1-21-18-24(38-4)19-22(2)26(21)40(36,37)34(23-8-9-23)20-25-29-28(3,39-30-25)27(35)33-16-14-32(15-17-33)13-7-12-31-10-5-6-11-31/h18-19,23H,5-17,20H2,1-4H3,(H,29,30). The Morgan fingerprint density at radius 3 is 2.25 bits per heavy atom. The number of likely N-dealkylation sites (tertiary alicyclic amines) is 1. The number of hydrogen-bond donors (Lipinski definition) is 1. The molecule has 3 heterocycles. The first-order valence-corrected chi connectivity index (χ1v) is 16.0. The molecule has 4 aliphatic rings.